The zero-order valence-corrected chi connectivity index (χ0v) is 14.3. The van der Waals surface area contributed by atoms with E-state index in [1.807, 2.05) is 0 Å². The fraction of sp³-hybridized carbons (Fsp3) is 0.357. The molecule has 4 rings (SSSR count). The summed E-state index contributed by atoms with van der Waals surface area (Å²) in [5.74, 6) is 1.12. The molecule has 0 aliphatic carbocycles. The van der Waals surface area contributed by atoms with E-state index in [1.165, 1.54) is 4.31 Å². The van der Waals surface area contributed by atoms with E-state index < -0.39 is 10.0 Å². The monoisotopic (exact) mass is 362 g/mol. The average molecular weight is 362 g/mol. The number of sulfonamides is 1. The lowest BCUT2D eigenvalue weighted by atomic mass is 10.0. The Labute approximate surface area is 142 Å². The topological polar surface area (TPSA) is 128 Å². The predicted octanol–water partition coefficient (Wildman–Crippen LogP) is 0.920. The van der Waals surface area contributed by atoms with Crippen molar-refractivity contribution in [3.05, 3.63) is 35.8 Å². The van der Waals surface area contributed by atoms with E-state index in [9.17, 15) is 8.42 Å². The first-order valence-electron chi connectivity index (χ1n) is 7.51. The van der Waals surface area contributed by atoms with E-state index in [1.54, 1.807) is 32.3 Å². The molecule has 0 bridgehead atoms. The van der Waals surface area contributed by atoms with Crippen molar-refractivity contribution in [3.8, 4) is 11.6 Å². The second kappa shape index (κ2) is 5.70. The van der Waals surface area contributed by atoms with Gasteiger partial charge >= 0.3 is 0 Å². The molecule has 10 nitrogen and oxygen atoms in total. The maximum atomic E-state index is 12.7. The second-order valence-electron chi connectivity index (χ2n) is 5.70. The Morgan fingerprint density at radius 1 is 1.08 bits per heavy atom. The van der Waals surface area contributed by atoms with Gasteiger partial charge in [-0.2, -0.15) is 9.29 Å². The molecule has 3 aromatic heterocycles. The number of aryl methyl sites for hydroxylation is 2. The molecule has 3 aromatic rings. The lowest BCUT2D eigenvalue weighted by Crippen LogP contribution is -2.48. The first-order chi connectivity index (χ1) is 12.0. The van der Waals surface area contributed by atoms with Crippen LogP contribution in [-0.4, -0.2) is 51.1 Å². The van der Waals surface area contributed by atoms with Crippen LogP contribution in [0.15, 0.2) is 32.4 Å². The van der Waals surface area contributed by atoms with Gasteiger partial charge < -0.3 is 9.05 Å². The molecule has 0 amide bonds. The smallest absolute Gasteiger partial charge is 0.248 e. The molecule has 0 saturated carbocycles. The lowest BCUT2D eigenvalue weighted by molar-refractivity contribution is 0.216. The highest BCUT2D eigenvalue weighted by atomic mass is 32.2. The predicted molar refractivity (Wildman–Crippen MR) is 82.8 cm³/mol. The van der Waals surface area contributed by atoms with E-state index in [0.717, 1.165) is 0 Å². The number of rotatable bonds is 4. The molecule has 0 N–H and O–H groups in total. The highest BCUT2D eigenvalue weighted by Crippen LogP contribution is 2.33. The molecule has 0 radical (unpaired) electrons. The fourth-order valence-electron chi connectivity index (χ4n) is 2.67. The van der Waals surface area contributed by atoms with Crippen molar-refractivity contribution in [2.45, 2.75) is 24.7 Å². The van der Waals surface area contributed by atoms with E-state index in [0.29, 0.717) is 17.4 Å². The maximum Gasteiger partial charge on any atom is 0.248 e. The van der Waals surface area contributed by atoms with E-state index in [4.69, 9.17) is 9.05 Å². The molecule has 130 valence electrons. The summed E-state index contributed by atoms with van der Waals surface area (Å²) < 4.78 is 36.8. The molecule has 1 saturated heterocycles. The van der Waals surface area contributed by atoms with Crippen LogP contribution in [0.2, 0.25) is 0 Å². The van der Waals surface area contributed by atoms with Crippen LogP contribution in [0.4, 0.5) is 0 Å². The van der Waals surface area contributed by atoms with Gasteiger partial charge in [0, 0.05) is 25.5 Å². The number of aromatic nitrogens is 5. The van der Waals surface area contributed by atoms with Crippen LogP contribution >= 0.6 is 0 Å². The summed E-state index contributed by atoms with van der Waals surface area (Å²) in [5, 5.41) is 7.55. The molecule has 25 heavy (non-hydrogen) atoms. The fourth-order valence-corrected chi connectivity index (χ4v) is 4.49. The maximum absolute atomic E-state index is 12.7. The van der Waals surface area contributed by atoms with Crippen molar-refractivity contribution in [3.63, 3.8) is 0 Å². The largest absolute Gasteiger partial charge is 0.360 e. The quantitative estimate of drug-likeness (QED) is 0.665. The molecule has 11 heteroatoms. The van der Waals surface area contributed by atoms with Crippen molar-refractivity contribution in [1.82, 2.24) is 29.6 Å². The molecule has 0 atom stereocenters. The molecule has 1 fully saturated rings. The van der Waals surface area contributed by atoms with Crippen LogP contribution in [0.1, 0.15) is 23.3 Å². The standard InChI is InChI=1S/C14H14N6O4S/c1-8-11(9(2)23-18-8)25(21,22)20-6-10(7-20)14-17-13(19-24-14)12-15-4-3-5-16-12/h3-5,10H,6-7H2,1-2H3. The minimum atomic E-state index is -3.64. The van der Waals surface area contributed by atoms with Gasteiger partial charge in [0.2, 0.25) is 27.6 Å². The Balaban J connectivity index is 1.50. The van der Waals surface area contributed by atoms with Gasteiger partial charge in [0.1, 0.15) is 10.6 Å². The molecular weight excluding hydrogens is 348 g/mol. The van der Waals surface area contributed by atoms with Crippen LogP contribution in [0.5, 0.6) is 0 Å². The summed E-state index contributed by atoms with van der Waals surface area (Å²) in [4.78, 5) is 12.5. The van der Waals surface area contributed by atoms with Crippen LogP contribution in [0, 0.1) is 13.8 Å². The third-order valence-corrected chi connectivity index (χ3v) is 6.05. The van der Waals surface area contributed by atoms with Crippen molar-refractivity contribution in [2.24, 2.45) is 0 Å². The molecule has 4 heterocycles. The zero-order valence-electron chi connectivity index (χ0n) is 13.4. The third-order valence-electron chi connectivity index (χ3n) is 3.97. The molecule has 0 aromatic carbocycles. The van der Waals surface area contributed by atoms with Crippen molar-refractivity contribution in [1.29, 1.82) is 0 Å². The van der Waals surface area contributed by atoms with Gasteiger partial charge in [0.05, 0.1) is 5.92 Å². The van der Waals surface area contributed by atoms with Gasteiger partial charge in [-0.15, -0.1) is 0 Å². The molecule has 1 aliphatic heterocycles. The van der Waals surface area contributed by atoms with Gasteiger partial charge in [-0.25, -0.2) is 18.4 Å². The highest BCUT2D eigenvalue weighted by Gasteiger charge is 2.42. The SMILES string of the molecule is Cc1noc(C)c1S(=O)(=O)N1CC(c2nc(-c3ncccn3)no2)C1. The molecular formula is C14H14N6O4S. The summed E-state index contributed by atoms with van der Waals surface area (Å²) in [6, 6.07) is 1.69. The van der Waals surface area contributed by atoms with Crippen LogP contribution in [-0.2, 0) is 10.0 Å². The van der Waals surface area contributed by atoms with Crippen molar-refractivity contribution < 1.29 is 17.5 Å². The molecule has 0 unspecified atom stereocenters. The van der Waals surface area contributed by atoms with E-state index in [-0.39, 0.29) is 35.5 Å². The Bertz CT molecular complexity index is 988. The Hall–Kier alpha value is -2.66. The molecule has 0 spiro atoms. The van der Waals surface area contributed by atoms with Gasteiger partial charge in [-0.1, -0.05) is 10.3 Å². The lowest BCUT2D eigenvalue weighted by Gasteiger charge is -2.35. The van der Waals surface area contributed by atoms with Crippen LogP contribution < -0.4 is 0 Å². The van der Waals surface area contributed by atoms with Crippen molar-refractivity contribution >= 4 is 10.0 Å². The zero-order chi connectivity index (χ0) is 17.6. The van der Waals surface area contributed by atoms with Crippen LogP contribution in [0.3, 0.4) is 0 Å². The number of nitrogens with zero attached hydrogens (tertiary/aromatic N) is 6. The third kappa shape index (κ3) is 2.61. The average Bonchev–Trinajstić information content (AvgIpc) is 3.14. The summed E-state index contributed by atoms with van der Waals surface area (Å²) in [6.45, 7) is 3.69. The van der Waals surface area contributed by atoms with Gasteiger partial charge in [-0.3, -0.25) is 0 Å². The van der Waals surface area contributed by atoms with E-state index in [2.05, 4.69) is 25.3 Å². The summed E-state index contributed by atoms with van der Waals surface area (Å²) >= 11 is 0. The summed E-state index contributed by atoms with van der Waals surface area (Å²) in [5.41, 5.74) is 0.349. The Kier molecular flexibility index (Phi) is 3.62. The van der Waals surface area contributed by atoms with Gasteiger partial charge in [0.15, 0.2) is 5.76 Å². The second-order valence-corrected chi connectivity index (χ2v) is 7.58. The Morgan fingerprint density at radius 2 is 1.80 bits per heavy atom. The first-order valence-corrected chi connectivity index (χ1v) is 8.95. The van der Waals surface area contributed by atoms with Gasteiger partial charge in [-0.05, 0) is 19.9 Å². The number of hydrogen-bond acceptors (Lipinski definition) is 9. The molecule has 1 aliphatic rings. The minimum Gasteiger partial charge on any atom is -0.360 e. The number of hydrogen-bond donors (Lipinski definition) is 0. The normalized spacial score (nSPS) is 16.1. The van der Waals surface area contributed by atoms with Crippen molar-refractivity contribution in [2.75, 3.05) is 13.1 Å². The summed E-state index contributed by atoms with van der Waals surface area (Å²) in [6.07, 6.45) is 3.17. The Morgan fingerprint density at radius 3 is 2.44 bits per heavy atom. The van der Waals surface area contributed by atoms with Crippen LogP contribution in [0.25, 0.3) is 11.6 Å². The van der Waals surface area contributed by atoms with E-state index >= 15 is 0 Å². The minimum absolute atomic E-state index is 0.120. The first kappa shape index (κ1) is 15.8. The highest BCUT2D eigenvalue weighted by molar-refractivity contribution is 7.89. The van der Waals surface area contributed by atoms with Gasteiger partial charge in [0.25, 0.3) is 0 Å². The summed E-state index contributed by atoms with van der Waals surface area (Å²) in [7, 11) is -3.64.